The zero-order valence-electron chi connectivity index (χ0n) is 11.6. The van der Waals surface area contributed by atoms with Gasteiger partial charge in [-0.25, -0.2) is 0 Å². The zero-order valence-corrected chi connectivity index (χ0v) is 14.8. The molecule has 3 aromatic carbocycles. The number of hydrogen-bond donors (Lipinski definition) is 1. The van der Waals surface area contributed by atoms with Crippen molar-refractivity contribution in [2.45, 2.75) is 6.04 Å². The number of nitrogens with one attached hydrogen (secondary N) is 1. The lowest BCUT2D eigenvalue weighted by Crippen LogP contribution is -2.18. The molecule has 0 amide bonds. The maximum absolute atomic E-state index is 3.66. The van der Waals surface area contributed by atoms with Gasteiger partial charge in [-0.1, -0.05) is 80.4 Å². The van der Waals surface area contributed by atoms with E-state index >= 15 is 0 Å². The van der Waals surface area contributed by atoms with E-state index in [1.54, 1.807) is 0 Å². The van der Waals surface area contributed by atoms with Gasteiger partial charge in [-0.3, -0.25) is 0 Å². The number of hydrogen-bond acceptors (Lipinski definition) is 1. The van der Waals surface area contributed by atoms with Crippen LogP contribution in [0.25, 0.3) is 10.8 Å². The lowest BCUT2D eigenvalue weighted by molar-refractivity contribution is 0.694. The van der Waals surface area contributed by atoms with Crippen LogP contribution in [-0.2, 0) is 0 Å². The lowest BCUT2D eigenvalue weighted by Gasteiger charge is -2.21. The first-order valence-corrected chi connectivity index (χ1v) is 8.40. The third-order valence-corrected chi connectivity index (χ3v) is 5.13. The van der Waals surface area contributed by atoms with Crippen molar-refractivity contribution >= 4 is 42.6 Å². The molecule has 1 N–H and O–H groups in total. The highest BCUT2D eigenvalue weighted by atomic mass is 79.9. The number of rotatable bonds is 3. The Bertz CT molecular complexity index is 783. The maximum Gasteiger partial charge on any atom is 0.0591 e. The van der Waals surface area contributed by atoms with Crippen molar-refractivity contribution < 1.29 is 0 Å². The predicted molar refractivity (Wildman–Crippen MR) is 96.7 cm³/mol. The van der Waals surface area contributed by atoms with Gasteiger partial charge >= 0.3 is 0 Å². The van der Waals surface area contributed by atoms with Crippen molar-refractivity contribution in [3.05, 3.63) is 80.7 Å². The van der Waals surface area contributed by atoms with Crippen LogP contribution >= 0.6 is 31.9 Å². The summed E-state index contributed by atoms with van der Waals surface area (Å²) in [7, 11) is 2.00. The normalized spacial score (nSPS) is 12.5. The summed E-state index contributed by atoms with van der Waals surface area (Å²) in [5.74, 6) is 0. The van der Waals surface area contributed by atoms with Gasteiger partial charge in [0.25, 0.3) is 0 Å². The molecule has 1 nitrogen and oxygen atoms in total. The second-order valence-corrected chi connectivity index (χ2v) is 6.63. The summed E-state index contributed by atoms with van der Waals surface area (Å²) in [4.78, 5) is 0. The highest BCUT2D eigenvalue weighted by Crippen LogP contribution is 2.35. The van der Waals surface area contributed by atoms with Crippen molar-refractivity contribution in [2.24, 2.45) is 0 Å². The fraction of sp³-hybridized carbons (Fsp3) is 0.111. The second kappa shape index (κ2) is 6.30. The SMILES string of the molecule is CNC(c1ccccc1Br)c1ccc(Br)c2ccccc12. The van der Waals surface area contributed by atoms with Crippen LogP contribution in [-0.4, -0.2) is 7.05 Å². The summed E-state index contributed by atoms with van der Waals surface area (Å²) in [6.45, 7) is 0. The van der Waals surface area contributed by atoms with E-state index in [4.69, 9.17) is 0 Å². The highest BCUT2D eigenvalue weighted by Gasteiger charge is 2.17. The van der Waals surface area contributed by atoms with Crippen LogP contribution in [0.15, 0.2) is 69.6 Å². The standard InChI is InChI=1S/C18H15Br2N/c1-21-18(15-8-4-5-9-16(15)19)14-10-11-17(20)13-7-3-2-6-12(13)14/h2-11,18,21H,1H3. The van der Waals surface area contributed by atoms with Gasteiger partial charge in [-0.2, -0.15) is 0 Å². The summed E-state index contributed by atoms with van der Waals surface area (Å²) in [6.07, 6.45) is 0. The molecule has 0 aliphatic heterocycles. The topological polar surface area (TPSA) is 12.0 Å². The van der Waals surface area contributed by atoms with E-state index in [1.807, 2.05) is 13.1 Å². The van der Waals surface area contributed by atoms with Crippen LogP contribution in [0, 0.1) is 0 Å². The number of benzene rings is 3. The van der Waals surface area contributed by atoms with Crippen LogP contribution in [0.2, 0.25) is 0 Å². The molecule has 1 atom stereocenters. The van der Waals surface area contributed by atoms with Gasteiger partial charge in [-0.15, -0.1) is 0 Å². The minimum atomic E-state index is 0.151. The van der Waals surface area contributed by atoms with Gasteiger partial charge in [0.2, 0.25) is 0 Å². The van der Waals surface area contributed by atoms with Gasteiger partial charge in [0, 0.05) is 8.95 Å². The molecule has 0 aliphatic carbocycles. The first kappa shape index (κ1) is 14.8. The average Bonchev–Trinajstić information content (AvgIpc) is 2.52. The molecular weight excluding hydrogens is 390 g/mol. The first-order valence-electron chi connectivity index (χ1n) is 6.81. The third kappa shape index (κ3) is 2.78. The van der Waals surface area contributed by atoms with E-state index in [1.165, 1.54) is 21.9 Å². The molecule has 0 radical (unpaired) electrons. The van der Waals surface area contributed by atoms with Crippen molar-refractivity contribution in [1.29, 1.82) is 0 Å². The summed E-state index contributed by atoms with van der Waals surface area (Å²) in [6, 6.07) is 21.3. The molecule has 0 fully saturated rings. The molecule has 106 valence electrons. The van der Waals surface area contributed by atoms with Gasteiger partial charge in [-0.05, 0) is 41.1 Å². The molecule has 21 heavy (non-hydrogen) atoms. The van der Waals surface area contributed by atoms with E-state index in [-0.39, 0.29) is 6.04 Å². The molecule has 3 aromatic rings. The quantitative estimate of drug-likeness (QED) is 0.592. The fourth-order valence-electron chi connectivity index (χ4n) is 2.73. The van der Waals surface area contributed by atoms with Crippen LogP contribution in [0.3, 0.4) is 0 Å². The van der Waals surface area contributed by atoms with E-state index in [0.29, 0.717) is 0 Å². The average molecular weight is 405 g/mol. The monoisotopic (exact) mass is 403 g/mol. The number of halogens is 2. The molecule has 0 spiro atoms. The molecule has 3 rings (SSSR count). The van der Waals surface area contributed by atoms with Gasteiger partial charge < -0.3 is 5.32 Å². The van der Waals surface area contributed by atoms with Gasteiger partial charge in [0.15, 0.2) is 0 Å². The van der Waals surface area contributed by atoms with Crippen molar-refractivity contribution in [3.63, 3.8) is 0 Å². The zero-order chi connectivity index (χ0) is 14.8. The molecule has 0 saturated heterocycles. The Morgan fingerprint density at radius 2 is 1.38 bits per heavy atom. The van der Waals surface area contributed by atoms with Crippen LogP contribution in [0.5, 0.6) is 0 Å². The summed E-state index contributed by atoms with van der Waals surface area (Å²) in [5, 5.41) is 5.95. The summed E-state index contributed by atoms with van der Waals surface area (Å²) < 4.78 is 2.25. The minimum absolute atomic E-state index is 0.151. The predicted octanol–water partition coefficient (Wildman–Crippen LogP) is 5.67. The highest BCUT2D eigenvalue weighted by molar-refractivity contribution is 9.11. The molecule has 0 aromatic heterocycles. The van der Waals surface area contributed by atoms with E-state index in [9.17, 15) is 0 Å². The lowest BCUT2D eigenvalue weighted by atomic mass is 9.94. The van der Waals surface area contributed by atoms with Crippen LogP contribution in [0.1, 0.15) is 17.2 Å². The number of fused-ring (bicyclic) bond motifs is 1. The van der Waals surface area contributed by atoms with Gasteiger partial charge in [0.05, 0.1) is 6.04 Å². The Labute approximate surface area is 141 Å². The molecular formula is C18H15Br2N. The molecule has 0 saturated carbocycles. The summed E-state index contributed by atoms with van der Waals surface area (Å²) >= 11 is 7.31. The van der Waals surface area contributed by atoms with Crippen molar-refractivity contribution in [1.82, 2.24) is 5.32 Å². The first-order chi connectivity index (χ1) is 10.2. The van der Waals surface area contributed by atoms with E-state index in [2.05, 4.69) is 91.8 Å². The van der Waals surface area contributed by atoms with E-state index < -0.39 is 0 Å². The maximum atomic E-state index is 3.66. The Kier molecular flexibility index (Phi) is 4.43. The Balaban J connectivity index is 2.23. The van der Waals surface area contributed by atoms with E-state index in [0.717, 1.165) is 8.95 Å². The smallest absolute Gasteiger partial charge is 0.0591 e. The fourth-order valence-corrected chi connectivity index (χ4v) is 3.72. The Hall–Kier alpha value is -1.16. The molecule has 1 unspecified atom stereocenters. The Morgan fingerprint density at radius 1 is 0.714 bits per heavy atom. The van der Waals surface area contributed by atoms with Crippen LogP contribution in [0.4, 0.5) is 0 Å². The summed E-state index contributed by atoms with van der Waals surface area (Å²) in [5.41, 5.74) is 2.52. The van der Waals surface area contributed by atoms with Crippen molar-refractivity contribution in [2.75, 3.05) is 7.05 Å². The minimum Gasteiger partial charge on any atom is -0.309 e. The molecule has 0 bridgehead atoms. The second-order valence-electron chi connectivity index (χ2n) is 4.93. The largest absolute Gasteiger partial charge is 0.309 e. The molecule has 0 aliphatic rings. The van der Waals surface area contributed by atoms with Crippen molar-refractivity contribution in [3.8, 4) is 0 Å². The third-order valence-electron chi connectivity index (χ3n) is 3.72. The molecule has 3 heteroatoms. The Morgan fingerprint density at radius 3 is 2.10 bits per heavy atom. The van der Waals surface area contributed by atoms with Gasteiger partial charge in [0.1, 0.15) is 0 Å². The molecule has 0 heterocycles. The van der Waals surface area contributed by atoms with Crippen LogP contribution < -0.4 is 5.32 Å².